The smallest absolute Gasteiger partial charge is 0.231 e. The maximum Gasteiger partial charge on any atom is 0.231 e. The van der Waals surface area contributed by atoms with E-state index in [-0.39, 0.29) is 0 Å². The van der Waals surface area contributed by atoms with Gasteiger partial charge >= 0.3 is 0 Å². The molecule has 0 saturated heterocycles. The summed E-state index contributed by atoms with van der Waals surface area (Å²) in [5, 5.41) is 3.30. The number of hydrogen-bond acceptors (Lipinski definition) is 4. The van der Waals surface area contributed by atoms with Crippen LogP contribution in [-0.2, 0) is 0 Å². The van der Waals surface area contributed by atoms with Gasteiger partial charge in [-0.1, -0.05) is 0 Å². The van der Waals surface area contributed by atoms with Gasteiger partial charge in [0, 0.05) is 37.3 Å². The van der Waals surface area contributed by atoms with E-state index < -0.39 is 0 Å². The lowest BCUT2D eigenvalue weighted by molar-refractivity contribution is 0.174. The van der Waals surface area contributed by atoms with Crippen LogP contribution in [-0.4, -0.2) is 34.0 Å². The fourth-order valence-electron chi connectivity index (χ4n) is 2.66. The SMILES string of the molecule is CNCC1(CN(C)c2ccc3c(c2)OCO3)CC1. The second kappa shape index (κ2) is 4.35. The van der Waals surface area contributed by atoms with E-state index in [0.717, 1.165) is 24.6 Å². The van der Waals surface area contributed by atoms with Crippen molar-refractivity contribution in [3.05, 3.63) is 18.2 Å². The zero-order valence-corrected chi connectivity index (χ0v) is 11.0. The molecule has 1 heterocycles. The topological polar surface area (TPSA) is 33.7 Å². The molecule has 1 saturated carbocycles. The van der Waals surface area contributed by atoms with Crippen molar-refractivity contribution in [1.82, 2.24) is 5.32 Å². The van der Waals surface area contributed by atoms with E-state index in [9.17, 15) is 0 Å². The molecular weight excluding hydrogens is 228 g/mol. The molecule has 3 rings (SSSR count). The Balaban J connectivity index is 1.71. The highest BCUT2D eigenvalue weighted by atomic mass is 16.7. The third-order valence-electron chi connectivity index (χ3n) is 3.88. The summed E-state index contributed by atoms with van der Waals surface area (Å²) in [6, 6.07) is 6.16. The summed E-state index contributed by atoms with van der Waals surface area (Å²) in [6.07, 6.45) is 2.64. The summed E-state index contributed by atoms with van der Waals surface area (Å²) in [4.78, 5) is 2.31. The molecule has 18 heavy (non-hydrogen) atoms. The fourth-order valence-corrected chi connectivity index (χ4v) is 2.66. The van der Waals surface area contributed by atoms with Gasteiger partial charge in [0.2, 0.25) is 6.79 Å². The number of nitrogens with one attached hydrogen (secondary N) is 1. The molecule has 2 aliphatic rings. The summed E-state index contributed by atoms with van der Waals surface area (Å²) in [7, 11) is 4.17. The van der Waals surface area contributed by atoms with Gasteiger partial charge in [-0.25, -0.2) is 0 Å². The largest absolute Gasteiger partial charge is 0.454 e. The summed E-state index contributed by atoms with van der Waals surface area (Å²) in [6.45, 7) is 2.53. The molecule has 1 aromatic carbocycles. The van der Waals surface area contributed by atoms with Crippen LogP contribution in [0.3, 0.4) is 0 Å². The van der Waals surface area contributed by atoms with Crippen molar-refractivity contribution in [2.24, 2.45) is 5.41 Å². The lowest BCUT2D eigenvalue weighted by Crippen LogP contribution is -2.32. The first kappa shape index (κ1) is 11.7. The van der Waals surface area contributed by atoms with Crippen molar-refractivity contribution < 1.29 is 9.47 Å². The van der Waals surface area contributed by atoms with E-state index in [2.05, 4.69) is 29.4 Å². The first-order valence-corrected chi connectivity index (χ1v) is 6.48. The summed E-state index contributed by atoms with van der Waals surface area (Å²) in [5.41, 5.74) is 1.67. The van der Waals surface area contributed by atoms with Crippen molar-refractivity contribution in [2.75, 3.05) is 38.9 Å². The number of fused-ring (bicyclic) bond motifs is 1. The average Bonchev–Trinajstić information content (AvgIpc) is 2.95. The normalized spacial score (nSPS) is 18.8. The Morgan fingerprint density at radius 3 is 2.78 bits per heavy atom. The van der Waals surface area contributed by atoms with Gasteiger partial charge < -0.3 is 19.7 Å². The Kier molecular flexibility index (Phi) is 2.82. The molecule has 0 bridgehead atoms. The maximum atomic E-state index is 5.42. The molecular formula is C14H20N2O2. The molecule has 0 spiro atoms. The van der Waals surface area contributed by atoms with E-state index in [0.29, 0.717) is 12.2 Å². The van der Waals surface area contributed by atoms with Crippen molar-refractivity contribution in [3.8, 4) is 11.5 Å². The van der Waals surface area contributed by atoms with E-state index in [1.54, 1.807) is 0 Å². The number of benzene rings is 1. The summed E-state index contributed by atoms with van der Waals surface area (Å²) >= 11 is 0. The molecule has 4 heteroatoms. The van der Waals surface area contributed by atoms with E-state index in [4.69, 9.17) is 9.47 Å². The minimum absolute atomic E-state index is 0.339. The Hall–Kier alpha value is -1.42. The third kappa shape index (κ3) is 2.12. The summed E-state index contributed by atoms with van der Waals surface area (Å²) in [5.74, 6) is 1.71. The number of rotatable bonds is 5. The molecule has 0 aromatic heterocycles. The fraction of sp³-hybridized carbons (Fsp3) is 0.571. The molecule has 1 aliphatic carbocycles. The molecule has 1 N–H and O–H groups in total. The van der Waals surface area contributed by atoms with Gasteiger partial charge in [0.15, 0.2) is 11.5 Å². The van der Waals surface area contributed by atoms with Crippen LogP contribution in [0.25, 0.3) is 0 Å². The zero-order valence-electron chi connectivity index (χ0n) is 11.0. The van der Waals surface area contributed by atoms with E-state index >= 15 is 0 Å². The molecule has 0 atom stereocenters. The van der Waals surface area contributed by atoms with Crippen molar-refractivity contribution in [1.29, 1.82) is 0 Å². The molecule has 4 nitrogen and oxygen atoms in total. The molecule has 98 valence electrons. The molecule has 1 fully saturated rings. The van der Waals surface area contributed by atoms with Crippen LogP contribution in [0.2, 0.25) is 0 Å². The van der Waals surface area contributed by atoms with Crippen LogP contribution >= 0.6 is 0 Å². The monoisotopic (exact) mass is 248 g/mol. The number of ether oxygens (including phenoxy) is 2. The van der Waals surface area contributed by atoms with Gasteiger partial charge in [-0.3, -0.25) is 0 Å². The number of anilines is 1. The lowest BCUT2D eigenvalue weighted by Gasteiger charge is -2.25. The molecule has 1 aromatic rings. The zero-order chi connectivity index (χ0) is 12.6. The Morgan fingerprint density at radius 1 is 1.28 bits per heavy atom. The van der Waals surface area contributed by atoms with Crippen LogP contribution < -0.4 is 19.7 Å². The second-order valence-electron chi connectivity index (χ2n) is 5.42. The van der Waals surface area contributed by atoms with Crippen LogP contribution in [0.1, 0.15) is 12.8 Å². The van der Waals surface area contributed by atoms with Gasteiger partial charge in [0.25, 0.3) is 0 Å². The van der Waals surface area contributed by atoms with Gasteiger partial charge in [-0.05, 0) is 32.0 Å². The van der Waals surface area contributed by atoms with Crippen LogP contribution in [0.5, 0.6) is 11.5 Å². The van der Waals surface area contributed by atoms with Gasteiger partial charge in [0.1, 0.15) is 0 Å². The highest BCUT2D eigenvalue weighted by molar-refractivity contribution is 5.57. The van der Waals surface area contributed by atoms with Crippen LogP contribution in [0.4, 0.5) is 5.69 Å². The van der Waals surface area contributed by atoms with Gasteiger partial charge in [-0.2, -0.15) is 0 Å². The first-order chi connectivity index (χ1) is 8.72. The van der Waals surface area contributed by atoms with Crippen molar-refractivity contribution in [3.63, 3.8) is 0 Å². The quantitative estimate of drug-likeness (QED) is 0.862. The highest BCUT2D eigenvalue weighted by Crippen LogP contribution is 2.46. The maximum absolute atomic E-state index is 5.42. The predicted molar refractivity (Wildman–Crippen MR) is 71.4 cm³/mol. The number of hydrogen-bond donors (Lipinski definition) is 1. The average molecular weight is 248 g/mol. The Bertz CT molecular complexity index is 443. The van der Waals surface area contributed by atoms with E-state index in [1.807, 2.05) is 13.1 Å². The Labute approximate surface area is 108 Å². The summed E-state index contributed by atoms with van der Waals surface area (Å²) < 4.78 is 10.8. The first-order valence-electron chi connectivity index (χ1n) is 6.48. The van der Waals surface area contributed by atoms with Crippen molar-refractivity contribution in [2.45, 2.75) is 12.8 Å². The van der Waals surface area contributed by atoms with Crippen LogP contribution in [0.15, 0.2) is 18.2 Å². The molecule has 0 amide bonds. The van der Waals surface area contributed by atoms with Gasteiger partial charge in [-0.15, -0.1) is 0 Å². The highest BCUT2D eigenvalue weighted by Gasteiger charge is 2.42. The standard InChI is InChI=1S/C14H20N2O2/c1-15-8-14(5-6-14)9-16(2)11-3-4-12-13(7-11)18-10-17-12/h3-4,7,15H,5-6,8-10H2,1-2H3. The second-order valence-corrected chi connectivity index (χ2v) is 5.42. The lowest BCUT2D eigenvalue weighted by atomic mass is 10.1. The van der Waals surface area contributed by atoms with Crippen molar-refractivity contribution >= 4 is 5.69 Å². The number of nitrogens with zero attached hydrogens (tertiary/aromatic N) is 1. The minimum atomic E-state index is 0.339. The molecule has 0 unspecified atom stereocenters. The molecule has 1 aliphatic heterocycles. The third-order valence-corrected chi connectivity index (χ3v) is 3.88. The van der Waals surface area contributed by atoms with Gasteiger partial charge in [0.05, 0.1) is 0 Å². The van der Waals surface area contributed by atoms with Crippen LogP contribution in [0, 0.1) is 5.41 Å². The minimum Gasteiger partial charge on any atom is -0.454 e. The predicted octanol–water partition coefficient (Wildman–Crippen LogP) is 1.85. The Morgan fingerprint density at radius 2 is 2.06 bits per heavy atom. The van der Waals surface area contributed by atoms with E-state index in [1.165, 1.54) is 18.5 Å². The molecule has 0 radical (unpaired) electrons.